The van der Waals surface area contributed by atoms with E-state index in [-0.39, 0.29) is 17.9 Å². The normalized spacial score (nSPS) is 10.9. The molecular weight excluding hydrogens is 352 g/mol. The average molecular weight is 374 g/mol. The quantitative estimate of drug-likeness (QED) is 0.691. The van der Waals surface area contributed by atoms with Crippen molar-refractivity contribution in [2.75, 3.05) is 5.32 Å². The van der Waals surface area contributed by atoms with E-state index in [0.717, 1.165) is 11.3 Å². The van der Waals surface area contributed by atoms with Crippen LogP contribution >= 0.6 is 0 Å². The maximum Gasteiger partial charge on any atom is 0.254 e. The first kappa shape index (κ1) is 19.2. The molecule has 142 valence electrons. The highest BCUT2D eigenvalue weighted by Crippen LogP contribution is 2.14. The monoisotopic (exact) mass is 374 g/mol. The second-order valence-corrected chi connectivity index (χ2v) is 6.48. The predicted octanol–water partition coefficient (Wildman–Crippen LogP) is 3.52. The highest BCUT2D eigenvalue weighted by Gasteiger charge is 2.10. The molecule has 0 bridgehead atoms. The molecule has 6 heteroatoms. The average Bonchev–Trinajstić information content (AvgIpc) is 2.66. The molecule has 28 heavy (non-hydrogen) atoms. The zero-order chi connectivity index (χ0) is 19.9. The topological polar surface area (TPSA) is 87.7 Å². The van der Waals surface area contributed by atoms with Gasteiger partial charge in [0.2, 0.25) is 5.91 Å². The summed E-state index contributed by atoms with van der Waals surface area (Å²) in [6.07, 6.45) is 6.16. The first-order valence-corrected chi connectivity index (χ1v) is 9.07. The van der Waals surface area contributed by atoms with E-state index in [2.05, 4.69) is 20.3 Å². The van der Waals surface area contributed by atoms with Gasteiger partial charge in [0.15, 0.2) is 0 Å². The maximum absolute atomic E-state index is 12.3. The number of anilines is 1. The molecule has 1 amide bonds. The third kappa shape index (κ3) is 5.23. The molecule has 2 aromatic heterocycles. The van der Waals surface area contributed by atoms with Crippen LogP contribution < -0.4 is 10.9 Å². The van der Waals surface area contributed by atoms with E-state index in [0.29, 0.717) is 29.2 Å². The van der Waals surface area contributed by atoms with Crippen LogP contribution in [0.5, 0.6) is 0 Å². The highest BCUT2D eigenvalue weighted by molar-refractivity contribution is 5.91. The van der Waals surface area contributed by atoms with Crippen molar-refractivity contribution in [1.82, 2.24) is 15.0 Å². The first-order valence-electron chi connectivity index (χ1n) is 9.07. The SMILES string of the molecule is Cc1nc(C)c(CCC(=O)Nc2cccc(C=Cc3ccccn3)c2)c(=O)[nH]1. The minimum atomic E-state index is -0.181. The van der Waals surface area contributed by atoms with Gasteiger partial charge in [-0.25, -0.2) is 4.98 Å². The number of hydrogen-bond donors (Lipinski definition) is 2. The van der Waals surface area contributed by atoms with Gasteiger partial charge in [0.1, 0.15) is 5.82 Å². The summed E-state index contributed by atoms with van der Waals surface area (Å²) in [6.45, 7) is 3.52. The number of nitrogens with zero attached hydrogens (tertiary/aromatic N) is 2. The lowest BCUT2D eigenvalue weighted by Gasteiger charge is -2.07. The molecule has 3 rings (SSSR count). The lowest BCUT2D eigenvalue weighted by Crippen LogP contribution is -2.20. The Morgan fingerprint density at radius 1 is 1.14 bits per heavy atom. The van der Waals surface area contributed by atoms with Crippen LogP contribution in [0.15, 0.2) is 53.5 Å². The van der Waals surface area contributed by atoms with Gasteiger partial charge in [0.25, 0.3) is 5.56 Å². The fourth-order valence-corrected chi connectivity index (χ4v) is 2.88. The number of H-pyrrole nitrogens is 1. The molecule has 0 fully saturated rings. The molecule has 0 spiro atoms. The highest BCUT2D eigenvalue weighted by atomic mass is 16.1. The van der Waals surface area contributed by atoms with Gasteiger partial charge in [-0.1, -0.05) is 24.3 Å². The van der Waals surface area contributed by atoms with Gasteiger partial charge in [-0.2, -0.15) is 0 Å². The van der Waals surface area contributed by atoms with Gasteiger partial charge in [-0.05, 0) is 56.2 Å². The van der Waals surface area contributed by atoms with Crippen LogP contribution in [0.1, 0.15) is 34.8 Å². The summed E-state index contributed by atoms with van der Waals surface area (Å²) in [6, 6.07) is 13.3. The summed E-state index contributed by atoms with van der Waals surface area (Å²) in [7, 11) is 0. The molecule has 0 saturated heterocycles. The minimum Gasteiger partial charge on any atom is -0.326 e. The van der Waals surface area contributed by atoms with Gasteiger partial charge >= 0.3 is 0 Å². The second kappa shape index (κ2) is 8.90. The zero-order valence-electron chi connectivity index (χ0n) is 15.9. The fourth-order valence-electron chi connectivity index (χ4n) is 2.88. The largest absolute Gasteiger partial charge is 0.326 e. The molecular formula is C22H22N4O2. The number of carbonyl (C=O) groups excluding carboxylic acids is 1. The van der Waals surface area contributed by atoms with Crippen LogP contribution in [0.3, 0.4) is 0 Å². The van der Waals surface area contributed by atoms with Gasteiger partial charge in [0, 0.05) is 29.6 Å². The Bertz CT molecular complexity index is 1060. The molecule has 0 atom stereocenters. The Labute approximate surface area is 163 Å². The van der Waals surface area contributed by atoms with Crippen LogP contribution in [-0.2, 0) is 11.2 Å². The number of nitrogens with one attached hydrogen (secondary N) is 2. The van der Waals surface area contributed by atoms with Crippen molar-refractivity contribution in [1.29, 1.82) is 0 Å². The van der Waals surface area contributed by atoms with Crippen molar-refractivity contribution in [2.24, 2.45) is 0 Å². The van der Waals surface area contributed by atoms with Crippen molar-refractivity contribution < 1.29 is 4.79 Å². The molecule has 2 heterocycles. The Hall–Kier alpha value is -3.54. The Balaban J connectivity index is 1.62. The van der Waals surface area contributed by atoms with Crippen molar-refractivity contribution >= 4 is 23.7 Å². The van der Waals surface area contributed by atoms with E-state index in [1.165, 1.54) is 0 Å². The molecule has 3 aromatic rings. The van der Waals surface area contributed by atoms with Gasteiger partial charge < -0.3 is 10.3 Å². The summed E-state index contributed by atoms with van der Waals surface area (Å²) < 4.78 is 0. The lowest BCUT2D eigenvalue weighted by molar-refractivity contribution is -0.116. The summed E-state index contributed by atoms with van der Waals surface area (Å²) in [5.74, 6) is 0.427. The summed E-state index contributed by atoms with van der Waals surface area (Å²) in [4.78, 5) is 35.5. The summed E-state index contributed by atoms with van der Waals surface area (Å²) >= 11 is 0. The number of pyridine rings is 1. The molecule has 1 aromatic carbocycles. The van der Waals surface area contributed by atoms with Crippen molar-refractivity contribution in [3.05, 3.63) is 87.4 Å². The van der Waals surface area contributed by atoms with Crippen molar-refractivity contribution in [2.45, 2.75) is 26.7 Å². The number of amides is 1. The van der Waals surface area contributed by atoms with Crippen LogP contribution in [0.4, 0.5) is 5.69 Å². The molecule has 0 aliphatic carbocycles. The van der Waals surface area contributed by atoms with Crippen LogP contribution in [0, 0.1) is 13.8 Å². The zero-order valence-corrected chi connectivity index (χ0v) is 15.9. The van der Waals surface area contributed by atoms with Gasteiger partial charge in [-0.3, -0.25) is 14.6 Å². The first-order chi connectivity index (χ1) is 13.5. The summed E-state index contributed by atoms with van der Waals surface area (Å²) in [5, 5.41) is 2.88. The lowest BCUT2D eigenvalue weighted by atomic mass is 10.1. The van der Waals surface area contributed by atoms with Crippen LogP contribution in [0.2, 0.25) is 0 Å². The molecule has 6 nitrogen and oxygen atoms in total. The molecule has 2 N–H and O–H groups in total. The van der Waals surface area contributed by atoms with Crippen LogP contribution in [0.25, 0.3) is 12.2 Å². The smallest absolute Gasteiger partial charge is 0.254 e. The Morgan fingerprint density at radius 2 is 2.00 bits per heavy atom. The third-order valence-electron chi connectivity index (χ3n) is 4.25. The van der Waals surface area contributed by atoms with E-state index >= 15 is 0 Å². The van der Waals surface area contributed by atoms with E-state index in [4.69, 9.17) is 0 Å². The fraction of sp³-hybridized carbons (Fsp3) is 0.182. The number of carbonyl (C=O) groups is 1. The molecule has 0 saturated carbocycles. The van der Waals surface area contributed by atoms with Gasteiger partial charge in [0.05, 0.1) is 5.69 Å². The number of benzene rings is 1. The van der Waals surface area contributed by atoms with E-state index < -0.39 is 0 Å². The maximum atomic E-state index is 12.3. The number of rotatable bonds is 6. The number of hydrogen-bond acceptors (Lipinski definition) is 4. The Kier molecular flexibility index (Phi) is 6.11. The predicted molar refractivity (Wildman–Crippen MR) is 111 cm³/mol. The van der Waals surface area contributed by atoms with E-state index in [9.17, 15) is 9.59 Å². The van der Waals surface area contributed by atoms with Gasteiger partial charge in [-0.15, -0.1) is 0 Å². The minimum absolute atomic E-state index is 0.148. The third-order valence-corrected chi connectivity index (χ3v) is 4.25. The molecule has 0 radical (unpaired) electrons. The summed E-state index contributed by atoms with van der Waals surface area (Å²) in [5.41, 5.74) is 3.56. The standard InChI is InChI=1S/C22H22N4O2/c1-15-20(22(28)25-16(2)24-15)11-12-21(27)26-19-8-5-6-17(14-19)9-10-18-7-3-4-13-23-18/h3-10,13-14H,11-12H2,1-2H3,(H,26,27)(H,24,25,28). The number of aryl methyl sites for hydroxylation is 2. The molecule has 0 unspecified atom stereocenters. The van der Waals surface area contributed by atoms with Crippen molar-refractivity contribution in [3.63, 3.8) is 0 Å². The number of aromatic nitrogens is 3. The van der Waals surface area contributed by atoms with Crippen molar-refractivity contribution in [3.8, 4) is 0 Å². The second-order valence-electron chi connectivity index (χ2n) is 6.48. The van der Waals surface area contributed by atoms with E-state index in [1.54, 1.807) is 20.0 Å². The molecule has 0 aliphatic rings. The Morgan fingerprint density at radius 3 is 2.75 bits per heavy atom. The number of aromatic amines is 1. The molecule has 0 aliphatic heterocycles. The van der Waals surface area contributed by atoms with Crippen LogP contribution in [-0.4, -0.2) is 20.9 Å². The van der Waals surface area contributed by atoms with E-state index in [1.807, 2.05) is 54.6 Å².